The molecule has 0 saturated carbocycles. The molecule has 1 amide bonds. The highest BCUT2D eigenvalue weighted by Crippen LogP contribution is 2.28. The first-order valence-corrected chi connectivity index (χ1v) is 7.39. The van der Waals surface area contributed by atoms with E-state index in [9.17, 15) is 4.79 Å². The first kappa shape index (κ1) is 14.9. The van der Waals surface area contributed by atoms with E-state index in [0.717, 1.165) is 25.9 Å². The number of anilines is 1. The molecule has 2 N–H and O–H groups in total. The third kappa shape index (κ3) is 3.51. The van der Waals surface area contributed by atoms with Crippen molar-refractivity contribution in [1.29, 1.82) is 0 Å². The van der Waals surface area contributed by atoms with Gasteiger partial charge in [-0.2, -0.15) is 0 Å². The number of hydrogen-bond donors (Lipinski definition) is 1. The van der Waals surface area contributed by atoms with Crippen molar-refractivity contribution in [3.05, 3.63) is 29.3 Å². The minimum atomic E-state index is 0.209. The molecule has 110 valence electrons. The standard InChI is InChI=1S/C16H25N3O/c1-18(2)16(20)6-4-10-19-9-3-5-14-11-13(12-17)7-8-15(14)19/h7-8,11H,3-6,9-10,12,17H2,1-2H3. The Morgan fingerprint density at radius 3 is 2.90 bits per heavy atom. The normalized spacial score (nSPS) is 14.1. The summed E-state index contributed by atoms with van der Waals surface area (Å²) in [5, 5.41) is 0. The maximum atomic E-state index is 11.6. The highest BCUT2D eigenvalue weighted by atomic mass is 16.2. The van der Waals surface area contributed by atoms with E-state index in [-0.39, 0.29) is 5.91 Å². The number of nitrogens with zero attached hydrogens (tertiary/aromatic N) is 2. The van der Waals surface area contributed by atoms with Gasteiger partial charge in [0, 0.05) is 45.8 Å². The lowest BCUT2D eigenvalue weighted by atomic mass is 9.99. The van der Waals surface area contributed by atoms with Crippen LogP contribution in [-0.2, 0) is 17.8 Å². The van der Waals surface area contributed by atoms with Gasteiger partial charge in [-0.05, 0) is 36.5 Å². The van der Waals surface area contributed by atoms with Gasteiger partial charge in [-0.3, -0.25) is 4.79 Å². The largest absolute Gasteiger partial charge is 0.371 e. The summed E-state index contributed by atoms with van der Waals surface area (Å²) in [6.45, 7) is 2.64. The van der Waals surface area contributed by atoms with Crippen molar-refractivity contribution in [3.8, 4) is 0 Å². The second kappa shape index (κ2) is 6.75. The lowest BCUT2D eigenvalue weighted by Crippen LogP contribution is -2.31. The van der Waals surface area contributed by atoms with Crippen molar-refractivity contribution in [2.45, 2.75) is 32.2 Å². The highest BCUT2D eigenvalue weighted by molar-refractivity contribution is 5.75. The number of amides is 1. The predicted octanol–water partition coefficient (Wildman–Crippen LogP) is 1.77. The molecule has 1 aromatic carbocycles. The fraction of sp³-hybridized carbons (Fsp3) is 0.562. The third-order valence-electron chi connectivity index (χ3n) is 3.91. The first-order chi connectivity index (χ1) is 9.61. The Kier molecular flexibility index (Phi) is 5.01. The fourth-order valence-electron chi connectivity index (χ4n) is 2.73. The SMILES string of the molecule is CN(C)C(=O)CCCN1CCCc2cc(CN)ccc21. The minimum absolute atomic E-state index is 0.209. The highest BCUT2D eigenvalue weighted by Gasteiger charge is 2.17. The Labute approximate surface area is 121 Å². The Morgan fingerprint density at radius 2 is 2.20 bits per heavy atom. The number of aryl methyl sites for hydroxylation is 1. The Bertz CT molecular complexity index is 471. The van der Waals surface area contributed by atoms with Crippen LogP contribution in [0.4, 0.5) is 5.69 Å². The van der Waals surface area contributed by atoms with E-state index in [1.54, 1.807) is 4.90 Å². The maximum absolute atomic E-state index is 11.6. The van der Waals surface area contributed by atoms with Crippen molar-refractivity contribution in [2.75, 3.05) is 32.1 Å². The van der Waals surface area contributed by atoms with Gasteiger partial charge in [0.05, 0.1) is 0 Å². The summed E-state index contributed by atoms with van der Waals surface area (Å²) in [6.07, 6.45) is 3.85. The zero-order valence-electron chi connectivity index (χ0n) is 12.6. The number of hydrogen-bond acceptors (Lipinski definition) is 3. The van der Waals surface area contributed by atoms with Crippen molar-refractivity contribution >= 4 is 11.6 Å². The lowest BCUT2D eigenvalue weighted by molar-refractivity contribution is -0.128. The van der Waals surface area contributed by atoms with Gasteiger partial charge in [0.25, 0.3) is 0 Å². The van der Waals surface area contributed by atoms with Gasteiger partial charge in [0.1, 0.15) is 0 Å². The monoisotopic (exact) mass is 275 g/mol. The molecule has 1 aromatic rings. The van der Waals surface area contributed by atoms with Gasteiger partial charge in [0.2, 0.25) is 5.91 Å². The molecule has 0 fully saturated rings. The predicted molar refractivity (Wildman–Crippen MR) is 82.8 cm³/mol. The molecule has 0 radical (unpaired) electrons. The number of carbonyl (C=O) groups is 1. The average Bonchev–Trinajstić information content (AvgIpc) is 2.46. The fourth-order valence-corrected chi connectivity index (χ4v) is 2.73. The molecule has 0 saturated heterocycles. The minimum Gasteiger partial charge on any atom is -0.371 e. The number of benzene rings is 1. The molecule has 0 spiro atoms. The summed E-state index contributed by atoms with van der Waals surface area (Å²) in [6, 6.07) is 6.53. The van der Waals surface area contributed by atoms with Gasteiger partial charge in [-0.25, -0.2) is 0 Å². The van der Waals surface area contributed by atoms with Gasteiger partial charge < -0.3 is 15.5 Å². The second-order valence-electron chi connectivity index (χ2n) is 5.65. The molecule has 0 unspecified atom stereocenters. The molecule has 2 rings (SSSR count). The van der Waals surface area contributed by atoms with Crippen LogP contribution in [0.3, 0.4) is 0 Å². The van der Waals surface area contributed by atoms with Crippen LogP contribution in [0.2, 0.25) is 0 Å². The van der Waals surface area contributed by atoms with E-state index in [2.05, 4.69) is 23.1 Å². The van der Waals surface area contributed by atoms with Crippen molar-refractivity contribution < 1.29 is 4.79 Å². The number of fused-ring (bicyclic) bond motifs is 1. The molecular weight excluding hydrogens is 250 g/mol. The Balaban J connectivity index is 1.96. The summed E-state index contributed by atoms with van der Waals surface area (Å²) in [5.41, 5.74) is 9.63. The number of carbonyl (C=O) groups excluding carboxylic acids is 1. The van der Waals surface area contributed by atoms with Crippen molar-refractivity contribution in [2.24, 2.45) is 5.73 Å². The van der Waals surface area contributed by atoms with E-state index < -0.39 is 0 Å². The summed E-state index contributed by atoms with van der Waals surface area (Å²) >= 11 is 0. The van der Waals surface area contributed by atoms with Crippen LogP contribution >= 0.6 is 0 Å². The van der Waals surface area contributed by atoms with Crippen LogP contribution in [0.25, 0.3) is 0 Å². The quantitative estimate of drug-likeness (QED) is 0.891. The average molecular weight is 275 g/mol. The Hall–Kier alpha value is -1.55. The van der Waals surface area contributed by atoms with Gasteiger partial charge in [0.15, 0.2) is 0 Å². The summed E-state index contributed by atoms with van der Waals surface area (Å²) in [4.78, 5) is 15.7. The molecule has 0 bridgehead atoms. The van der Waals surface area contributed by atoms with Crippen LogP contribution < -0.4 is 10.6 Å². The molecule has 1 heterocycles. The summed E-state index contributed by atoms with van der Waals surface area (Å²) in [5.74, 6) is 0.209. The molecule has 1 aliphatic rings. The van der Waals surface area contributed by atoms with E-state index in [4.69, 9.17) is 5.73 Å². The summed E-state index contributed by atoms with van der Waals surface area (Å²) in [7, 11) is 3.62. The molecule has 1 aliphatic heterocycles. The maximum Gasteiger partial charge on any atom is 0.222 e. The zero-order valence-corrected chi connectivity index (χ0v) is 12.6. The first-order valence-electron chi connectivity index (χ1n) is 7.39. The third-order valence-corrected chi connectivity index (χ3v) is 3.91. The summed E-state index contributed by atoms with van der Waals surface area (Å²) < 4.78 is 0. The molecule has 4 nitrogen and oxygen atoms in total. The number of rotatable bonds is 5. The van der Waals surface area contributed by atoms with Gasteiger partial charge >= 0.3 is 0 Å². The van der Waals surface area contributed by atoms with Crippen LogP contribution in [0, 0.1) is 0 Å². The van der Waals surface area contributed by atoms with Gasteiger partial charge in [-0.15, -0.1) is 0 Å². The van der Waals surface area contributed by atoms with E-state index in [0.29, 0.717) is 13.0 Å². The van der Waals surface area contributed by atoms with Crippen LogP contribution in [-0.4, -0.2) is 38.0 Å². The molecule has 0 aliphatic carbocycles. The van der Waals surface area contributed by atoms with E-state index >= 15 is 0 Å². The van der Waals surface area contributed by atoms with Crippen molar-refractivity contribution in [1.82, 2.24) is 4.90 Å². The van der Waals surface area contributed by atoms with E-state index in [1.165, 1.54) is 23.2 Å². The van der Waals surface area contributed by atoms with E-state index in [1.807, 2.05) is 14.1 Å². The molecule has 0 atom stereocenters. The molecule has 20 heavy (non-hydrogen) atoms. The van der Waals surface area contributed by atoms with Crippen LogP contribution in [0.1, 0.15) is 30.4 Å². The second-order valence-corrected chi connectivity index (χ2v) is 5.65. The van der Waals surface area contributed by atoms with Crippen LogP contribution in [0.15, 0.2) is 18.2 Å². The van der Waals surface area contributed by atoms with Crippen LogP contribution in [0.5, 0.6) is 0 Å². The van der Waals surface area contributed by atoms with Gasteiger partial charge in [-0.1, -0.05) is 12.1 Å². The molecule has 4 heteroatoms. The Morgan fingerprint density at radius 1 is 1.40 bits per heavy atom. The number of nitrogens with two attached hydrogens (primary N) is 1. The zero-order chi connectivity index (χ0) is 14.5. The molecule has 0 aromatic heterocycles. The topological polar surface area (TPSA) is 49.6 Å². The molecular formula is C16H25N3O. The van der Waals surface area contributed by atoms with Crippen molar-refractivity contribution in [3.63, 3.8) is 0 Å². The smallest absolute Gasteiger partial charge is 0.222 e. The lowest BCUT2D eigenvalue weighted by Gasteiger charge is -2.31.